The number of hydrogen-bond donors (Lipinski definition) is 2. The summed E-state index contributed by atoms with van der Waals surface area (Å²) in [5.74, 6) is -1.27. The largest absolute Gasteiger partial charge is 0.305 e. The van der Waals surface area contributed by atoms with E-state index in [9.17, 15) is 8.78 Å². The summed E-state index contributed by atoms with van der Waals surface area (Å²) in [6, 6.07) is 12.0. The molecule has 0 aliphatic rings. The van der Waals surface area contributed by atoms with Crippen LogP contribution < -0.4 is 0 Å². The molecule has 4 aromatic rings. The van der Waals surface area contributed by atoms with Gasteiger partial charge in [-0.2, -0.15) is 10.2 Å². The minimum atomic E-state index is -0.639. The molecule has 4 rings (SSSR count). The molecule has 0 aliphatic carbocycles. The smallest absolute Gasteiger partial charge is 0.0487 e. The molecule has 0 saturated carbocycles. The van der Waals surface area contributed by atoms with Crippen LogP contribution in [0.1, 0.15) is 26.3 Å². The molecular weight excluding hydrogens is 564 g/mol. The van der Waals surface area contributed by atoms with E-state index >= 15 is 0 Å². The topological polar surface area (TPSA) is 70.2 Å². The molecule has 5 nitrogen and oxygen atoms in total. The number of aromatic amines is 2. The Morgan fingerprint density at radius 1 is 0.967 bits per heavy atom. The first-order chi connectivity index (χ1) is 13.8. The third-order valence-corrected chi connectivity index (χ3v) is 3.48. The average Bonchev–Trinajstić information content (AvgIpc) is 3.39. The van der Waals surface area contributed by atoms with Crippen LogP contribution in [-0.4, -0.2) is 25.4 Å². The van der Waals surface area contributed by atoms with Crippen LogP contribution in [0.25, 0.3) is 11.3 Å². The molecule has 0 saturated heterocycles. The fourth-order valence-electron chi connectivity index (χ4n) is 2.40. The van der Waals surface area contributed by atoms with Gasteiger partial charge in [0.25, 0.3) is 0 Å². The van der Waals surface area contributed by atoms with Crippen molar-refractivity contribution < 1.29 is 28.9 Å². The molecule has 0 bridgehead atoms. The Balaban J connectivity index is 0.000000333. The molecule has 8 heteroatoms. The molecule has 0 spiro atoms. The van der Waals surface area contributed by atoms with Crippen molar-refractivity contribution in [1.82, 2.24) is 25.4 Å². The van der Waals surface area contributed by atoms with Crippen LogP contribution in [0.2, 0.25) is 0 Å². The van der Waals surface area contributed by atoms with Crippen molar-refractivity contribution in [2.45, 2.75) is 27.2 Å². The number of pyridine rings is 1. The monoisotopic (exact) mass is 589 g/mol. The Morgan fingerprint density at radius 3 is 2.03 bits per heavy atom. The first-order valence-corrected chi connectivity index (χ1v) is 9.05. The van der Waals surface area contributed by atoms with E-state index in [2.05, 4.69) is 52.2 Å². The molecule has 0 aliphatic heterocycles. The fraction of sp³-hybridized carbons (Fsp3) is 0.227. The van der Waals surface area contributed by atoms with Gasteiger partial charge in [-0.25, -0.2) is 0 Å². The van der Waals surface area contributed by atoms with E-state index in [4.69, 9.17) is 0 Å². The molecule has 0 unspecified atom stereocenters. The van der Waals surface area contributed by atoms with E-state index in [0.29, 0.717) is 5.69 Å². The van der Waals surface area contributed by atoms with E-state index < -0.39 is 11.6 Å². The molecule has 1 radical (unpaired) electrons. The summed E-state index contributed by atoms with van der Waals surface area (Å²) in [5, 5.41) is 12.4. The van der Waals surface area contributed by atoms with E-state index in [0.717, 1.165) is 24.1 Å². The third-order valence-electron chi connectivity index (χ3n) is 3.48. The summed E-state index contributed by atoms with van der Waals surface area (Å²) in [5.41, 5.74) is 1.91. The molecule has 3 heterocycles. The summed E-state index contributed by atoms with van der Waals surface area (Å²) in [6.45, 7) is 6.41. The van der Waals surface area contributed by atoms with Crippen molar-refractivity contribution in [3.05, 3.63) is 90.6 Å². The van der Waals surface area contributed by atoms with E-state index in [1.165, 1.54) is 0 Å². The molecule has 0 fully saturated rings. The quantitative estimate of drug-likeness (QED) is 0.315. The first-order valence-electron chi connectivity index (χ1n) is 9.05. The van der Waals surface area contributed by atoms with Gasteiger partial charge in [-0.3, -0.25) is 19.0 Å². The SMILES string of the molecule is CC(C)(C)Cc1ccnc(-c2[c-]cc(F)cc2F)c1.[Ir].c1cn[nH]c1.c1cn[nH]c1. The van der Waals surface area contributed by atoms with Crippen LogP contribution in [0, 0.1) is 23.1 Å². The zero-order valence-electron chi connectivity index (χ0n) is 17.0. The molecule has 3 aromatic heterocycles. The van der Waals surface area contributed by atoms with Crippen LogP contribution in [0.4, 0.5) is 8.78 Å². The normalized spacial score (nSPS) is 10.0. The van der Waals surface area contributed by atoms with Gasteiger partial charge in [-0.15, -0.1) is 12.1 Å². The Labute approximate surface area is 188 Å². The van der Waals surface area contributed by atoms with Crippen LogP contribution in [0.5, 0.6) is 0 Å². The predicted octanol–water partition coefficient (Wildman–Crippen LogP) is 5.23. The van der Waals surface area contributed by atoms with Gasteiger partial charge in [-0.1, -0.05) is 44.0 Å². The van der Waals surface area contributed by atoms with E-state index in [1.807, 2.05) is 24.3 Å². The summed E-state index contributed by atoms with van der Waals surface area (Å²) in [4.78, 5) is 4.14. The van der Waals surface area contributed by atoms with Crippen molar-refractivity contribution in [3.8, 4) is 11.3 Å². The van der Waals surface area contributed by atoms with Crippen LogP contribution in [-0.2, 0) is 26.5 Å². The Hall–Kier alpha value is -2.70. The number of aromatic nitrogens is 5. The summed E-state index contributed by atoms with van der Waals surface area (Å²) >= 11 is 0. The predicted molar refractivity (Wildman–Crippen MR) is 109 cm³/mol. The number of benzene rings is 1. The molecule has 2 N–H and O–H groups in total. The fourth-order valence-corrected chi connectivity index (χ4v) is 2.40. The molecule has 0 amide bonds. The molecule has 30 heavy (non-hydrogen) atoms. The molecular formula is C22H24F2IrN5-. The second-order valence-corrected chi connectivity index (χ2v) is 7.36. The second-order valence-electron chi connectivity index (χ2n) is 7.36. The first kappa shape index (κ1) is 25.3. The standard InChI is InChI=1S/C16H16F2N.2C3H4N2.Ir/c1-16(2,3)10-11-6-7-19-15(8-11)13-5-4-12(17)9-14(13)18;2*1-2-4-5-3-1;/h4,6-9H,10H2,1-3H3;2*1-3H,(H,4,5);/q-1;;;. The number of hydrogen-bond acceptors (Lipinski definition) is 3. The second kappa shape index (κ2) is 12.8. The maximum Gasteiger partial charge on any atom is 0.0487 e. The van der Waals surface area contributed by atoms with Crippen molar-refractivity contribution in [1.29, 1.82) is 0 Å². The maximum atomic E-state index is 13.7. The van der Waals surface area contributed by atoms with Gasteiger partial charge < -0.3 is 4.98 Å². The summed E-state index contributed by atoms with van der Waals surface area (Å²) in [7, 11) is 0. The van der Waals surface area contributed by atoms with Crippen molar-refractivity contribution >= 4 is 0 Å². The Kier molecular flexibility index (Phi) is 10.8. The van der Waals surface area contributed by atoms with Gasteiger partial charge in [0.05, 0.1) is 0 Å². The number of rotatable bonds is 2. The van der Waals surface area contributed by atoms with Gasteiger partial charge in [-0.05, 0) is 35.7 Å². The van der Waals surface area contributed by atoms with Crippen molar-refractivity contribution in [2.75, 3.05) is 0 Å². The molecule has 1 aromatic carbocycles. The number of nitrogens with zero attached hydrogens (tertiary/aromatic N) is 3. The minimum absolute atomic E-state index is 0. The van der Waals surface area contributed by atoms with Crippen LogP contribution in [0.3, 0.4) is 0 Å². The number of H-pyrrole nitrogens is 2. The zero-order valence-corrected chi connectivity index (χ0v) is 19.4. The van der Waals surface area contributed by atoms with E-state index in [-0.39, 0.29) is 31.1 Å². The Bertz CT molecular complexity index is 891. The zero-order chi connectivity index (χ0) is 21.1. The molecule has 161 valence electrons. The van der Waals surface area contributed by atoms with Gasteiger partial charge in [0, 0.05) is 62.7 Å². The van der Waals surface area contributed by atoms with Gasteiger partial charge in [0.15, 0.2) is 0 Å². The molecule has 0 atom stereocenters. The third kappa shape index (κ3) is 9.67. The Morgan fingerprint density at radius 2 is 1.60 bits per heavy atom. The van der Waals surface area contributed by atoms with Crippen LogP contribution in [0.15, 0.2) is 67.4 Å². The van der Waals surface area contributed by atoms with Crippen molar-refractivity contribution in [2.24, 2.45) is 5.41 Å². The summed E-state index contributed by atoms with van der Waals surface area (Å²) < 4.78 is 26.6. The average molecular weight is 589 g/mol. The van der Waals surface area contributed by atoms with Crippen molar-refractivity contribution in [3.63, 3.8) is 0 Å². The number of halogens is 2. The van der Waals surface area contributed by atoms with Gasteiger partial charge >= 0.3 is 0 Å². The van der Waals surface area contributed by atoms with Gasteiger partial charge in [0.2, 0.25) is 0 Å². The van der Waals surface area contributed by atoms with Gasteiger partial charge in [0.1, 0.15) is 0 Å². The number of nitrogens with one attached hydrogen (secondary N) is 2. The summed E-state index contributed by atoms with van der Waals surface area (Å²) in [6.07, 6.45) is 9.43. The maximum absolute atomic E-state index is 13.7. The minimum Gasteiger partial charge on any atom is -0.305 e. The van der Waals surface area contributed by atoms with Crippen LogP contribution >= 0.6 is 0 Å². The van der Waals surface area contributed by atoms with E-state index in [1.54, 1.807) is 31.0 Å².